The van der Waals surface area contributed by atoms with Crippen molar-refractivity contribution in [2.45, 2.75) is 89.8 Å². The van der Waals surface area contributed by atoms with Gasteiger partial charge in [-0.05, 0) is 100.0 Å². The van der Waals surface area contributed by atoms with Gasteiger partial charge < -0.3 is 20.1 Å². The van der Waals surface area contributed by atoms with Crippen molar-refractivity contribution in [2.75, 3.05) is 26.2 Å². The first-order chi connectivity index (χ1) is 19.6. The molecule has 4 atom stereocenters. The van der Waals surface area contributed by atoms with Gasteiger partial charge in [0.15, 0.2) is 0 Å². The molecule has 1 saturated carbocycles. The first kappa shape index (κ1) is 29.4. The van der Waals surface area contributed by atoms with Gasteiger partial charge in [0.25, 0.3) is 0 Å². The molecule has 2 aliphatic carbocycles. The number of fused-ring (bicyclic) bond motifs is 1. The fourth-order valence-electron chi connectivity index (χ4n) is 8.62. The van der Waals surface area contributed by atoms with Crippen molar-refractivity contribution >= 4 is 12.5 Å². The lowest BCUT2D eigenvalue weighted by atomic mass is 9.51. The number of benzene rings is 2. The molecule has 0 radical (unpaired) electrons. The van der Waals surface area contributed by atoms with Gasteiger partial charge in [0, 0.05) is 44.2 Å². The average Bonchev–Trinajstić information content (AvgIpc) is 3.46. The van der Waals surface area contributed by atoms with E-state index in [1.807, 2.05) is 49.9 Å². The monoisotopic (exact) mass is 561 g/mol. The summed E-state index contributed by atoms with van der Waals surface area (Å²) in [6.07, 6.45) is 7.04. The van der Waals surface area contributed by atoms with E-state index in [9.17, 15) is 14.7 Å². The highest BCUT2D eigenvalue weighted by molar-refractivity contribution is 5.67. The molecular formula is C34H47N3O4. The number of phenolic OH excluding ortho intramolecular Hbond substituents is 1. The van der Waals surface area contributed by atoms with Gasteiger partial charge >= 0.3 is 6.09 Å². The minimum atomic E-state index is -0.521. The quantitative estimate of drug-likeness (QED) is 0.367. The van der Waals surface area contributed by atoms with Crippen LogP contribution in [-0.4, -0.2) is 65.2 Å². The van der Waals surface area contributed by atoms with Crippen molar-refractivity contribution in [3.05, 3.63) is 65.2 Å². The number of amides is 2. The zero-order chi connectivity index (χ0) is 29.3. The number of nitrogens with zero attached hydrogens (tertiary/aromatic N) is 2. The van der Waals surface area contributed by atoms with Crippen molar-refractivity contribution in [3.63, 3.8) is 0 Å². The third kappa shape index (κ3) is 5.70. The Morgan fingerprint density at radius 2 is 1.98 bits per heavy atom. The molecule has 3 aliphatic rings. The molecule has 2 N–H and O–H groups in total. The van der Waals surface area contributed by atoms with Crippen molar-refractivity contribution in [3.8, 4) is 5.75 Å². The predicted octanol–water partition coefficient (Wildman–Crippen LogP) is 5.64. The maximum absolute atomic E-state index is 12.3. The molecule has 1 saturated heterocycles. The zero-order valence-corrected chi connectivity index (χ0v) is 25.2. The fourth-order valence-corrected chi connectivity index (χ4v) is 8.62. The number of likely N-dealkylation sites (tertiary alicyclic amines) is 1. The molecule has 7 nitrogen and oxygen atoms in total. The molecule has 2 aromatic rings. The van der Waals surface area contributed by atoms with Crippen molar-refractivity contribution in [1.82, 2.24) is 15.1 Å². The molecular weight excluding hydrogens is 514 g/mol. The van der Waals surface area contributed by atoms with Crippen LogP contribution in [0.2, 0.25) is 0 Å². The molecule has 4 unspecified atom stereocenters. The van der Waals surface area contributed by atoms with Crippen LogP contribution in [0.25, 0.3) is 0 Å². The molecule has 7 heteroatoms. The SMILES string of the molecule is CC1N(CCNC(=O)OC(C)(C)C)CC2Cc3ccc(O)cc3C23CCCC13CCCN(C=O)Cc1ccccc1. The summed E-state index contributed by atoms with van der Waals surface area (Å²) in [4.78, 5) is 28.8. The number of alkyl carbamates (subject to hydrolysis) is 1. The summed E-state index contributed by atoms with van der Waals surface area (Å²) >= 11 is 0. The lowest BCUT2D eigenvalue weighted by molar-refractivity contribution is -0.119. The minimum Gasteiger partial charge on any atom is -0.508 e. The van der Waals surface area contributed by atoms with Gasteiger partial charge in [-0.1, -0.05) is 42.8 Å². The largest absolute Gasteiger partial charge is 0.508 e. The van der Waals surface area contributed by atoms with Gasteiger partial charge in [0.1, 0.15) is 11.4 Å². The lowest BCUT2D eigenvalue weighted by Crippen LogP contribution is -2.64. The van der Waals surface area contributed by atoms with E-state index >= 15 is 0 Å². The van der Waals surface area contributed by atoms with Crippen LogP contribution in [0.4, 0.5) is 4.79 Å². The van der Waals surface area contributed by atoms with Gasteiger partial charge in [-0.2, -0.15) is 0 Å². The highest BCUT2D eigenvalue weighted by Gasteiger charge is 2.66. The fraction of sp³-hybridized carbons (Fsp3) is 0.588. The molecule has 1 aliphatic heterocycles. The van der Waals surface area contributed by atoms with E-state index in [4.69, 9.17) is 4.74 Å². The molecule has 1 heterocycles. The number of phenols is 1. The van der Waals surface area contributed by atoms with Crippen LogP contribution in [0.15, 0.2) is 48.5 Å². The maximum Gasteiger partial charge on any atom is 0.407 e. The van der Waals surface area contributed by atoms with Crippen LogP contribution in [0.3, 0.4) is 0 Å². The van der Waals surface area contributed by atoms with E-state index in [2.05, 4.69) is 41.4 Å². The summed E-state index contributed by atoms with van der Waals surface area (Å²) < 4.78 is 5.47. The highest BCUT2D eigenvalue weighted by Crippen LogP contribution is 2.68. The van der Waals surface area contributed by atoms with Crippen LogP contribution in [-0.2, 0) is 27.9 Å². The number of carbonyl (C=O) groups excluding carboxylic acids is 2. The molecule has 41 heavy (non-hydrogen) atoms. The molecule has 0 aromatic heterocycles. The molecule has 0 bridgehead atoms. The first-order valence-corrected chi connectivity index (χ1v) is 15.3. The van der Waals surface area contributed by atoms with E-state index in [1.54, 1.807) is 0 Å². The first-order valence-electron chi connectivity index (χ1n) is 15.3. The summed E-state index contributed by atoms with van der Waals surface area (Å²) in [6, 6.07) is 16.5. The molecule has 2 amide bonds. The molecule has 5 rings (SSSR count). The number of aromatic hydroxyl groups is 1. The van der Waals surface area contributed by atoms with E-state index in [0.29, 0.717) is 30.8 Å². The summed E-state index contributed by atoms with van der Waals surface area (Å²) in [5.74, 6) is 0.817. The number of hydrogen-bond donors (Lipinski definition) is 2. The number of carbonyl (C=O) groups is 2. The van der Waals surface area contributed by atoms with Crippen LogP contribution >= 0.6 is 0 Å². The second-order valence-corrected chi connectivity index (χ2v) is 13.5. The molecule has 1 spiro atoms. The van der Waals surface area contributed by atoms with Crippen LogP contribution in [0.5, 0.6) is 5.75 Å². The van der Waals surface area contributed by atoms with Crippen molar-refractivity contribution < 1.29 is 19.4 Å². The van der Waals surface area contributed by atoms with Gasteiger partial charge in [-0.3, -0.25) is 9.69 Å². The lowest BCUT2D eigenvalue weighted by Gasteiger charge is -2.60. The van der Waals surface area contributed by atoms with E-state index < -0.39 is 5.60 Å². The van der Waals surface area contributed by atoms with E-state index in [-0.39, 0.29) is 16.9 Å². The predicted molar refractivity (Wildman–Crippen MR) is 161 cm³/mol. The molecule has 2 fully saturated rings. The van der Waals surface area contributed by atoms with Gasteiger partial charge in [0.2, 0.25) is 6.41 Å². The Balaban J connectivity index is 1.36. The Labute approximate surface area is 245 Å². The summed E-state index contributed by atoms with van der Waals surface area (Å²) in [7, 11) is 0. The van der Waals surface area contributed by atoms with Crippen LogP contribution in [0, 0.1) is 11.3 Å². The van der Waals surface area contributed by atoms with Gasteiger partial charge in [0.05, 0.1) is 0 Å². The Morgan fingerprint density at radius 1 is 1.20 bits per heavy atom. The summed E-state index contributed by atoms with van der Waals surface area (Å²) in [6.45, 7) is 11.6. The average molecular weight is 562 g/mol. The van der Waals surface area contributed by atoms with E-state index in [0.717, 1.165) is 63.7 Å². The van der Waals surface area contributed by atoms with Crippen molar-refractivity contribution in [2.24, 2.45) is 11.3 Å². The zero-order valence-electron chi connectivity index (χ0n) is 25.2. The highest BCUT2D eigenvalue weighted by atomic mass is 16.6. The minimum absolute atomic E-state index is 0.0288. The Morgan fingerprint density at radius 3 is 2.71 bits per heavy atom. The summed E-state index contributed by atoms with van der Waals surface area (Å²) in [5.41, 5.74) is 3.41. The van der Waals surface area contributed by atoms with Gasteiger partial charge in [-0.15, -0.1) is 0 Å². The second kappa shape index (κ2) is 11.7. The normalized spacial score (nSPS) is 27.0. The smallest absolute Gasteiger partial charge is 0.407 e. The maximum atomic E-state index is 12.3. The van der Waals surface area contributed by atoms with Crippen molar-refractivity contribution in [1.29, 1.82) is 0 Å². The standard InChI is InChI=1S/C34H47N3O4/c1-25-33(15-9-18-36(24-38)22-26-10-6-5-7-11-26)14-8-16-34(33)28(20-27-12-13-29(39)21-30(27)34)23-37(25)19-17-35-31(40)41-32(2,3)4/h5-7,10-13,21,24-25,28,39H,8-9,14-20,22-23H2,1-4H3,(H,35,40). The Kier molecular flexibility index (Phi) is 8.38. The number of nitrogens with one attached hydrogen (secondary N) is 1. The number of hydrogen-bond acceptors (Lipinski definition) is 5. The van der Waals surface area contributed by atoms with Gasteiger partial charge in [-0.25, -0.2) is 4.79 Å². The number of rotatable bonds is 10. The Hall–Kier alpha value is -3.06. The number of piperidine rings is 1. The topological polar surface area (TPSA) is 82.1 Å². The van der Waals surface area contributed by atoms with E-state index in [1.165, 1.54) is 17.5 Å². The molecule has 222 valence electrons. The Bertz CT molecular complexity index is 1230. The van der Waals surface area contributed by atoms with Crippen LogP contribution < -0.4 is 5.32 Å². The third-order valence-corrected chi connectivity index (χ3v) is 10.1. The second-order valence-electron chi connectivity index (χ2n) is 13.5. The molecule has 2 aromatic carbocycles. The van der Waals surface area contributed by atoms with Crippen LogP contribution in [0.1, 0.15) is 76.5 Å². The summed E-state index contributed by atoms with van der Waals surface area (Å²) in [5, 5.41) is 13.5. The third-order valence-electron chi connectivity index (χ3n) is 10.1. The number of ether oxygens (including phenoxy) is 1.